The maximum absolute atomic E-state index is 12.1. The van der Waals surface area contributed by atoms with Crippen molar-refractivity contribution in [3.63, 3.8) is 0 Å². The van der Waals surface area contributed by atoms with Crippen molar-refractivity contribution < 1.29 is 0 Å². The first kappa shape index (κ1) is 12.2. The van der Waals surface area contributed by atoms with E-state index in [9.17, 15) is 4.79 Å². The second-order valence-electron chi connectivity index (χ2n) is 4.86. The molecule has 0 N–H and O–H groups in total. The van der Waals surface area contributed by atoms with Crippen molar-refractivity contribution in [2.24, 2.45) is 12.5 Å². The fraction of sp³-hybridized carbons (Fsp3) is 0.600. The average molecular weight is 300 g/mol. The lowest BCUT2D eigenvalue weighted by Gasteiger charge is -2.21. The van der Waals surface area contributed by atoms with Gasteiger partial charge in [0, 0.05) is 12.4 Å². The number of halogens is 1. The molecule has 2 heterocycles. The van der Waals surface area contributed by atoms with Gasteiger partial charge >= 0.3 is 0 Å². The standard InChI is InChI=1S/C10H14BrN5O/c1-10(2,5-11)6-16-9(17)7-4-12-15(3)8(7)13-14-16/h4H,5-6H2,1-3H3. The molecule has 0 spiro atoms. The molecule has 2 rings (SSSR count). The van der Waals surface area contributed by atoms with Crippen molar-refractivity contribution in [2.45, 2.75) is 20.4 Å². The highest BCUT2D eigenvalue weighted by molar-refractivity contribution is 9.09. The van der Waals surface area contributed by atoms with E-state index in [-0.39, 0.29) is 11.0 Å². The van der Waals surface area contributed by atoms with Crippen LogP contribution in [-0.4, -0.2) is 30.1 Å². The molecule has 6 nitrogen and oxygen atoms in total. The van der Waals surface area contributed by atoms with Gasteiger partial charge in [-0.2, -0.15) is 5.10 Å². The van der Waals surface area contributed by atoms with Gasteiger partial charge in [0.05, 0.1) is 12.7 Å². The maximum Gasteiger partial charge on any atom is 0.280 e. The lowest BCUT2D eigenvalue weighted by Crippen LogP contribution is -2.32. The molecular formula is C10H14BrN5O. The Morgan fingerprint density at radius 3 is 2.82 bits per heavy atom. The summed E-state index contributed by atoms with van der Waals surface area (Å²) in [7, 11) is 1.74. The van der Waals surface area contributed by atoms with Crippen LogP contribution in [0.2, 0.25) is 0 Å². The largest absolute Gasteiger partial charge is 0.280 e. The summed E-state index contributed by atoms with van der Waals surface area (Å²) in [5, 5.41) is 13.3. The Morgan fingerprint density at radius 2 is 2.18 bits per heavy atom. The molecular weight excluding hydrogens is 286 g/mol. The zero-order valence-corrected chi connectivity index (χ0v) is 11.6. The molecule has 2 aromatic heterocycles. The monoisotopic (exact) mass is 299 g/mol. The lowest BCUT2D eigenvalue weighted by molar-refractivity contribution is 0.320. The summed E-state index contributed by atoms with van der Waals surface area (Å²) in [6.07, 6.45) is 1.53. The van der Waals surface area contributed by atoms with Gasteiger partial charge in [0.15, 0.2) is 5.65 Å². The van der Waals surface area contributed by atoms with E-state index in [1.165, 1.54) is 10.9 Å². The van der Waals surface area contributed by atoms with E-state index < -0.39 is 0 Å². The highest BCUT2D eigenvalue weighted by Gasteiger charge is 2.19. The average Bonchev–Trinajstić information content (AvgIpc) is 2.65. The SMILES string of the molecule is Cn1ncc2c(=O)n(CC(C)(C)CBr)nnc21. The number of aryl methyl sites for hydroxylation is 1. The molecule has 2 aromatic rings. The van der Waals surface area contributed by atoms with Crippen molar-refractivity contribution in [1.29, 1.82) is 0 Å². The van der Waals surface area contributed by atoms with E-state index in [1.807, 2.05) is 0 Å². The summed E-state index contributed by atoms with van der Waals surface area (Å²) in [4.78, 5) is 12.1. The zero-order chi connectivity index (χ0) is 12.6. The van der Waals surface area contributed by atoms with Gasteiger partial charge < -0.3 is 0 Å². The van der Waals surface area contributed by atoms with Crippen molar-refractivity contribution in [3.05, 3.63) is 16.6 Å². The highest BCUT2D eigenvalue weighted by atomic mass is 79.9. The van der Waals surface area contributed by atoms with E-state index in [0.29, 0.717) is 17.6 Å². The lowest BCUT2D eigenvalue weighted by atomic mass is 9.97. The summed E-state index contributed by atoms with van der Waals surface area (Å²) in [5.74, 6) is 0. The van der Waals surface area contributed by atoms with E-state index >= 15 is 0 Å². The van der Waals surface area contributed by atoms with Crippen LogP contribution in [0.4, 0.5) is 0 Å². The number of alkyl halides is 1. The predicted octanol–water partition coefficient (Wildman–Crippen LogP) is 0.946. The third-order valence-electron chi connectivity index (χ3n) is 2.56. The maximum atomic E-state index is 12.1. The molecule has 0 radical (unpaired) electrons. The van der Waals surface area contributed by atoms with E-state index in [2.05, 4.69) is 45.2 Å². The van der Waals surface area contributed by atoms with Crippen LogP contribution in [0.3, 0.4) is 0 Å². The molecule has 0 aromatic carbocycles. The number of hydrogen-bond donors (Lipinski definition) is 0. The van der Waals surface area contributed by atoms with E-state index in [4.69, 9.17) is 0 Å². The highest BCUT2D eigenvalue weighted by Crippen LogP contribution is 2.19. The van der Waals surface area contributed by atoms with E-state index in [0.717, 1.165) is 5.33 Å². The Labute approximate surface area is 107 Å². The minimum Gasteiger partial charge on any atom is -0.267 e. The van der Waals surface area contributed by atoms with Crippen LogP contribution in [-0.2, 0) is 13.6 Å². The Kier molecular flexibility index (Phi) is 3.03. The predicted molar refractivity (Wildman–Crippen MR) is 68.1 cm³/mol. The Bertz CT molecular complexity index is 600. The normalized spacial score (nSPS) is 12.2. The molecule has 92 valence electrons. The molecule has 0 fully saturated rings. The van der Waals surface area contributed by atoms with Crippen LogP contribution in [0.25, 0.3) is 11.0 Å². The zero-order valence-electron chi connectivity index (χ0n) is 10.0. The summed E-state index contributed by atoms with van der Waals surface area (Å²) < 4.78 is 2.94. The number of fused-ring (bicyclic) bond motifs is 1. The van der Waals surface area contributed by atoms with Crippen LogP contribution in [0.15, 0.2) is 11.0 Å². The quantitative estimate of drug-likeness (QED) is 0.792. The van der Waals surface area contributed by atoms with Crippen LogP contribution in [0.5, 0.6) is 0 Å². The Balaban J connectivity index is 2.50. The van der Waals surface area contributed by atoms with Crippen molar-refractivity contribution in [3.8, 4) is 0 Å². The van der Waals surface area contributed by atoms with Crippen molar-refractivity contribution >= 4 is 27.0 Å². The fourth-order valence-electron chi connectivity index (χ4n) is 1.53. The van der Waals surface area contributed by atoms with Crippen molar-refractivity contribution in [2.75, 3.05) is 5.33 Å². The molecule has 0 saturated heterocycles. The van der Waals surface area contributed by atoms with Crippen molar-refractivity contribution in [1.82, 2.24) is 24.8 Å². The van der Waals surface area contributed by atoms with Crippen LogP contribution >= 0.6 is 15.9 Å². The van der Waals surface area contributed by atoms with E-state index in [1.54, 1.807) is 11.7 Å². The van der Waals surface area contributed by atoms with Crippen LogP contribution in [0, 0.1) is 5.41 Å². The molecule has 0 amide bonds. The van der Waals surface area contributed by atoms with Gasteiger partial charge in [-0.3, -0.25) is 4.79 Å². The fourth-order valence-corrected chi connectivity index (χ4v) is 1.70. The molecule has 0 aliphatic heterocycles. The van der Waals surface area contributed by atoms with Gasteiger partial charge in [0.2, 0.25) is 0 Å². The first-order chi connectivity index (χ1) is 7.94. The molecule has 0 unspecified atom stereocenters. The Hall–Kier alpha value is -1.24. The number of rotatable bonds is 3. The smallest absolute Gasteiger partial charge is 0.267 e. The first-order valence-electron chi connectivity index (χ1n) is 5.26. The summed E-state index contributed by atoms with van der Waals surface area (Å²) in [6, 6.07) is 0. The number of aromatic nitrogens is 5. The van der Waals surface area contributed by atoms with Gasteiger partial charge in [-0.15, -0.1) is 5.10 Å². The van der Waals surface area contributed by atoms with Gasteiger partial charge in [-0.1, -0.05) is 35.0 Å². The third-order valence-corrected chi connectivity index (χ3v) is 4.08. The van der Waals surface area contributed by atoms with Gasteiger partial charge in [-0.25, -0.2) is 9.36 Å². The Morgan fingerprint density at radius 1 is 1.47 bits per heavy atom. The third kappa shape index (κ3) is 2.24. The molecule has 7 heteroatoms. The molecule has 0 atom stereocenters. The summed E-state index contributed by atoms with van der Waals surface area (Å²) >= 11 is 3.43. The number of nitrogens with zero attached hydrogens (tertiary/aromatic N) is 5. The van der Waals surface area contributed by atoms with Crippen LogP contribution < -0.4 is 5.56 Å². The van der Waals surface area contributed by atoms with Gasteiger partial charge in [0.25, 0.3) is 5.56 Å². The number of hydrogen-bond acceptors (Lipinski definition) is 4. The molecule has 0 aliphatic rings. The summed E-state index contributed by atoms with van der Waals surface area (Å²) in [6.45, 7) is 4.64. The minimum absolute atomic E-state index is 0.0472. The molecule has 0 bridgehead atoms. The molecule has 0 aliphatic carbocycles. The first-order valence-corrected chi connectivity index (χ1v) is 6.38. The topological polar surface area (TPSA) is 65.6 Å². The minimum atomic E-state index is -0.142. The molecule has 0 saturated carbocycles. The summed E-state index contributed by atoms with van der Waals surface area (Å²) in [5.41, 5.74) is 0.328. The second kappa shape index (κ2) is 4.21. The molecule has 17 heavy (non-hydrogen) atoms. The van der Waals surface area contributed by atoms with Crippen LogP contribution in [0.1, 0.15) is 13.8 Å². The van der Waals surface area contributed by atoms with Gasteiger partial charge in [0.1, 0.15) is 5.39 Å². The second-order valence-corrected chi connectivity index (χ2v) is 5.42. The van der Waals surface area contributed by atoms with Gasteiger partial charge in [-0.05, 0) is 5.41 Å².